The van der Waals surface area contributed by atoms with E-state index in [1.54, 1.807) is 37.3 Å². The fraction of sp³-hybridized carbons (Fsp3) is 0.400. The summed E-state index contributed by atoms with van der Waals surface area (Å²) < 4.78 is 12.2. The molecule has 52 heavy (non-hydrogen) atoms. The molecule has 272 valence electrons. The van der Waals surface area contributed by atoms with Gasteiger partial charge in [0, 0.05) is 36.1 Å². The highest BCUT2D eigenvalue weighted by Gasteiger charge is 2.44. The Morgan fingerprint density at radius 2 is 1.52 bits per heavy atom. The highest BCUT2D eigenvalue weighted by molar-refractivity contribution is 6.22. The van der Waals surface area contributed by atoms with E-state index in [2.05, 4.69) is 58.9 Å². The number of benzene rings is 3. The number of aliphatic hydroxyl groups is 3. The van der Waals surface area contributed by atoms with Gasteiger partial charge in [0.25, 0.3) is 11.8 Å². The van der Waals surface area contributed by atoms with Crippen LogP contribution in [0.1, 0.15) is 103 Å². The van der Waals surface area contributed by atoms with Crippen LogP contribution < -0.4 is 20.1 Å². The second-order valence-corrected chi connectivity index (χ2v) is 14.0. The Bertz CT molecular complexity index is 1890. The minimum absolute atomic E-state index is 0.0507. The van der Waals surface area contributed by atoms with Crippen molar-refractivity contribution in [2.45, 2.75) is 101 Å². The summed E-state index contributed by atoms with van der Waals surface area (Å²) in [4.78, 5) is 27.4. The van der Waals surface area contributed by atoms with Crippen molar-refractivity contribution in [1.29, 1.82) is 0 Å². The molecule has 3 aliphatic rings. The summed E-state index contributed by atoms with van der Waals surface area (Å²) in [6.07, 6.45) is 1.37. The van der Waals surface area contributed by atoms with E-state index in [0.717, 1.165) is 42.0 Å². The first kappa shape index (κ1) is 35.5. The number of imide groups is 1. The molecule has 0 unspecified atom stereocenters. The summed E-state index contributed by atoms with van der Waals surface area (Å²) in [5.41, 5.74) is 4.09. The van der Waals surface area contributed by atoms with E-state index < -0.39 is 36.4 Å². The van der Waals surface area contributed by atoms with Crippen LogP contribution in [0.25, 0.3) is 0 Å². The van der Waals surface area contributed by atoms with Crippen LogP contribution in [0, 0.1) is 0 Å². The zero-order chi connectivity index (χ0) is 36.6. The normalized spacial score (nSPS) is 23.5. The van der Waals surface area contributed by atoms with E-state index >= 15 is 0 Å². The maximum atomic E-state index is 13.3. The second kappa shape index (κ2) is 14.6. The molecule has 0 radical (unpaired) electrons. The first-order chi connectivity index (χ1) is 25.1. The Kier molecular flexibility index (Phi) is 9.99. The smallest absolute Gasteiger partial charge is 0.262 e. The van der Waals surface area contributed by atoms with Gasteiger partial charge in [0.15, 0.2) is 0 Å². The van der Waals surface area contributed by atoms with E-state index in [1.807, 2.05) is 24.3 Å². The van der Waals surface area contributed by atoms with Gasteiger partial charge in [0.05, 0.1) is 29.0 Å². The Morgan fingerprint density at radius 3 is 2.12 bits per heavy atom. The Hall–Kier alpha value is -4.88. The number of rotatable bonds is 12. The highest BCUT2D eigenvalue weighted by Crippen LogP contribution is 2.41. The fourth-order valence-electron chi connectivity index (χ4n) is 7.66. The van der Waals surface area contributed by atoms with Crippen molar-refractivity contribution in [1.82, 2.24) is 20.4 Å². The number of hydrogen-bond donors (Lipinski definition) is 5. The lowest BCUT2D eigenvalue weighted by Crippen LogP contribution is -2.58. The number of carbonyl (C=O) groups is 2. The average molecular weight is 708 g/mol. The predicted octanol–water partition coefficient (Wildman–Crippen LogP) is 5.44. The molecule has 5 N–H and O–H groups in total. The van der Waals surface area contributed by atoms with Gasteiger partial charge in [-0.1, -0.05) is 38.1 Å². The molecule has 0 bridgehead atoms. The van der Waals surface area contributed by atoms with E-state index in [1.165, 1.54) is 11.1 Å². The van der Waals surface area contributed by atoms with Crippen molar-refractivity contribution in [3.63, 3.8) is 0 Å². The summed E-state index contributed by atoms with van der Waals surface area (Å²) in [5.74, 6) is 0.969. The quantitative estimate of drug-likeness (QED) is 0.119. The second-order valence-electron chi connectivity index (χ2n) is 14.0. The number of nitrogens with zero attached hydrogens (tertiary/aromatic N) is 3. The number of ether oxygens (including phenoxy) is 2. The van der Waals surface area contributed by atoms with Crippen molar-refractivity contribution in [2.24, 2.45) is 0 Å². The average Bonchev–Trinajstić information content (AvgIpc) is 3.37. The number of piperidine rings is 1. The zero-order valence-corrected chi connectivity index (χ0v) is 29.5. The predicted molar refractivity (Wildman–Crippen MR) is 193 cm³/mol. The van der Waals surface area contributed by atoms with Crippen molar-refractivity contribution in [2.75, 3.05) is 5.32 Å². The van der Waals surface area contributed by atoms with Crippen LogP contribution in [0.4, 0.5) is 5.69 Å². The van der Waals surface area contributed by atoms with Crippen molar-refractivity contribution < 1.29 is 34.4 Å². The largest absolute Gasteiger partial charge is 0.490 e. The molecular formula is C40H45N5O7. The number of amides is 2. The maximum Gasteiger partial charge on any atom is 0.262 e. The molecule has 1 aliphatic carbocycles. The topological polar surface area (TPSA) is 166 Å². The van der Waals surface area contributed by atoms with Crippen LogP contribution in [0.15, 0.2) is 78.9 Å². The van der Waals surface area contributed by atoms with Crippen LogP contribution in [-0.4, -0.2) is 72.9 Å². The van der Waals surface area contributed by atoms with Crippen LogP contribution in [0.2, 0.25) is 0 Å². The van der Waals surface area contributed by atoms with Crippen LogP contribution in [-0.2, 0) is 5.41 Å². The van der Waals surface area contributed by atoms with Crippen molar-refractivity contribution in [3.05, 3.63) is 107 Å². The van der Waals surface area contributed by atoms with Gasteiger partial charge in [0.2, 0.25) is 5.88 Å². The first-order valence-corrected chi connectivity index (χ1v) is 18.1. The summed E-state index contributed by atoms with van der Waals surface area (Å²) in [7, 11) is 0. The molecule has 1 aromatic heterocycles. The number of carbonyl (C=O) groups excluding carboxylic acids is 2. The SMILES string of the molecule is CCC(CC)(c1ccc(Oc2ccc([C@@H](C)O)nn2)cc1)c1ccc(OC2CC(Nc3ccc4c(c3)C(=O)N([C@@H]3CC[C@@H](O)N[C@@H]3O)C4=O)C2)cc1. The summed E-state index contributed by atoms with van der Waals surface area (Å²) in [6, 6.07) is 24.5. The third kappa shape index (κ3) is 6.86. The number of anilines is 1. The standard InChI is InChI=1S/C40H45N5O7/c1-4-40(5-2,25-8-13-29(14-9-25)52-36-19-16-33(23(3)46)43-44-36)24-6-11-28(12-7-24)51-30-20-27(21-30)41-26-10-15-31-32(22-26)39(50)45(38(31)49)34-17-18-35(47)42-37(34)48/h6-16,19,22-23,27,30,34-35,37,41-42,46-48H,4-5,17-18,20-21H2,1-3H3/t23-,27?,30?,34-,35-,37-/m1/s1. The molecule has 0 spiro atoms. The fourth-order valence-corrected chi connectivity index (χ4v) is 7.66. The van der Waals surface area contributed by atoms with Crippen LogP contribution in [0.3, 0.4) is 0 Å². The number of nitrogens with one attached hydrogen (secondary N) is 2. The van der Waals surface area contributed by atoms with Gasteiger partial charge in [-0.3, -0.25) is 19.8 Å². The van der Waals surface area contributed by atoms with Gasteiger partial charge in [-0.15, -0.1) is 10.2 Å². The molecule has 2 fully saturated rings. The number of hydrogen-bond acceptors (Lipinski definition) is 11. The molecule has 7 rings (SSSR count). The molecule has 3 heterocycles. The third-order valence-corrected chi connectivity index (χ3v) is 10.8. The molecule has 4 atom stereocenters. The molecule has 2 amide bonds. The van der Waals surface area contributed by atoms with E-state index in [4.69, 9.17) is 9.47 Å². The van der Waals surface area contributed by atoms with Crippen molar-refractivity contribution in [3.8, 4) is 17.4 Å². The van der Waals surface area contributed by atoms with Gasteiger partial charge in [-0.25, -0.2) is 0 Å². The van der Waals surface area contributed by atoms with Gasteiger partial charge in [-0.05, 0) is 92.3 Å². The number of fused-ring (bicyclic) bond motifs is 1. The third-order valence-electron chi connectivity index (χ3n) is 10.8. The number of aliphatic hydroxyl groups excluding tert-OH is 3. The van der Waals surface area contributed by atoms with Gasteiger partial charge in [-0.2, -0.15) is 0 Å². The van der Waals surface area contributed by atoms with Crippen LogP contribution >= 0.6 is 0 Å². The van der Waals surface area contributed by atoms with Crippen molar-refractivity contribution >= 4 is 17.5 Å². The van der Waals surface area contributed by atoms with Crippen LogP contribution in [0.5, 0.6) is 17.4 Å². The van der Waals surface area contributed by atoms with Gasteiger partial charge < -0.3 is 30.1 Å². The maximum absolute atomic E-state index is 13.3. The lowest BCUT2D eigenvalue weighted by atomic mass is 9.70. The van der Waals surface area contributed by atoms with Gasteiger partial charge in [0.1, 0.15) is 30.1 Å². The lowest BCUT2D eigenvalue weighted by molar-refractivity contribution is -0.0413. The molecular weight excluding hydrogens is 662 g/mol. The molecule has 12 nitrogen and oxygen atoms in total. The Balaban J connectivity index is 0.937. The monoisotopic (exact) mass is 707 g/mol. The molecule has 4 aromatic rings. The summed E-state index contributed by atoms with van der Waals surface area (Å²) >= 11 is 0. The lowest BCUT2D eigenvalue weighted by Gasteiger charge is -2.37. The minimum Gasteiger partial charge on any atom is -0.490 e. The van der Waals surface area contributed by atoms with E-state index in [-0.39, 0.29) is 17.6 Å². The Labute approximate surface area is 302 Å². The zero-order valence-electron chi connectivity index (χ0n) is 29.5. The summed E-state index contributed by atoms with van der Waals surface area (Å²) in [6.45, 7) is 6.05. The van der Waals surface area contributed by atoms with E-state index in [9.17, 15) is 24.9 Å². The number of aromatic nitrogens is 2. The molecule has 2 aliphatic heterocycles. The van der Waals surface area contributed by atoms with Gasteiger partial charge >= 0.3 is 0 Å². The summed E-state index contributed by atoms with van der Waals surface area (Å²) in [5, 5.41) is 44.0. The molecule has 1 saturated heterocycles. The Morgan fingerprint density at radius 1 is 0.865 bits per heavy atom. The van der Waals surface area contributed by atoms with E-state index in [0.29, 0.717) is 41.3 Å². The molecule has 3 aromatic carbocycles. The highest BCUT2D eigenvalue weighted by atomic mass is 16.5. The molecule has 1 saturated carbocycles. The first-order valence-electron chi connectivity index (χ1n) is 18.1. The minimum atomic E-state index is -1.18. The molecule has 12 heteroatoms.